The number of para-hydroxylation sites is 1. The molecule has 3 aromatic rings. The van der Waals surface area contributed by atoms with Crippen LogP contribution < -0.4 is 5.32 Å². The van der Waals surface area contributed by atoms with Crippen molar-refractivity contribution < 1.29 is 22.8 Å². The first-order valence-electron chi connectivity index (χ1n) is 10.5. The summed E-state index contributed by atoms with van der Waals surface area (Å²) in [5.41, 5.74) is -0.275. The van der Waals surface area contributed by atoms with Crippen molar-refractivity contribution in [2.24, 2.45) is 0 Å². The normalized spacial score (nSPS) is 14.8. The van der Waals surface area contributed by atoms with Gasteiger partial charge in [-0.1, -0.05) is 18.2 Å². The Morgan fingerprint density at radius 3 is 2.42 bits per heavy atom. The number of amides is 2. The van der Waals surface area contributed by atoms with Gasteiger partial charge >= 0.3 is 6.18 Å². The predicted octanol–water partition coefficient (Wildman–Crippen LogP) is 3.63. The first kappa shape index (κ1) is 22.5. The third kappa shape index (κ3) is 4.74. The average Bonchev–Trinajstić information content (AvgIpc) is 3.26. The summed E-state index contributed by atoms with van der Waals surface area (Å²) >= 11 is 0. The van der Waals surface area contributed by atoms with Crippen molar-refractivity contribution in [3.8, 4) is 5.69 Å². The van der Waals surface area contributed by atoms with Gasteiger partial charge in [-0.15, -0.1) is 0 Å². The van der Waals surface area contributed by atoms with Crippen LogP contribution in [0, 0.1) is 6.92 Å². The SMILES string of the molecule is Cc1ccccc1-n1ncc(C(=O)N2CCC(NC(=O)c3cccnc3)CC2)c1C(F)(F)F. The Morgan fingerprint density at radius 1 is 1.06 bits per heavy atom. The number of nitrogens with one attached hydrogen (secondary N) is 1. The van der Waals surface area contributed by atoms with Crippen LogP contribution >= 0.6 is 0 Å². The van der Waals surface area contributed by atoms with E-state index in [1.54, 1.807) is 43.5 Å². The molecule has 0 saturated carbocycles. The van der Waals surface area contributed by atoms with Crippen LogP contribution in [0.15, 0.2) is 55.0 Å². The van der Waals surface area contributed by atoms with Crippen LogP contribution in [0.2, 0.25) is 0 Å². The van der Waals surface area contributed by atoms with Crippen LogP contribution in [0.1, 0.15) is 44.8 Å². The number of carbonyl (C=O) groups excluding carboxylic acids is 2. The maximum Gasteiger partial charge on any atom is 0.434 e. The highest BCUT2D eigenvalue weighted by atomic mass is 19.4. The molecule has 2 aromatic heterocycles. The number of pyridine rings is 1. The van der Waals surface area contributed by atoms with Gasteiger partial charge in [-0.05, 0) is 43.5 Å². The van der Waals surface area contributed by atoms with Gasteiger partial charge in [-0.3, -0.25) is 14.6 Å². The number of rotatable bonds is 4. The van der Waals surface area contributed by atoms with E-state index in [0.29, 0.717) is 24.0 Å². The minimum atomic E-state index is -4.76. The molecule has 1 aliphatic rings. The zero-order chi connectivity index (χ0) is 23.6. The molecule has 0 aliphatic carbocycles. The first-order valence-corrected chi connectivity index (χ1v) is 10.5. The molecule has 0 unspecified atom stereocenters. The molecular formula is C23H22F3N5O2. The summed E-state index contributed by atoms with van der Waals surface area (Å²) in [5.74, 6) is -0.995. The summed E-state index contributed by atoms with van der Waals surface area (Å²) < 4.78 is 42.7. The lowest BCUT2D eigenvalue weighted by Crippen LogP contribution is -2.46. The topological polar surface area (TPSA) is 80.1 Å². The molecule has 33 heavy (non-hydrogen) atoms. The molecule has 1 aromatic carbocycles. The number of hydrogen-bond donors (Lipinski definition) is 1. The lowest BCUT2D eigenvalue weighted by Gasteiger charge is -2.32. The van der Waals surface area contributed by atoms with Crippen molar-refractivity contribution >= 4 is 11.8 Å². The number of halogens is 3. The van der Waals surface area contributed by atoms with E-state index in [-0.39, 0.29) is 30.7 Å². The van der Waals surface area contributed by atoms with E-state index in [1.165, 1.54) is 17.2 Å². The Bertz CT molecular complexity index is 1150. The fourth-order valence-electron chi connectivity index (χ4n) is 3.92. The van der Waals surface area contributed by atoms with Gasteiger partial charge in [0, 0.05) is 31.5 Å². The summed E-state index contributed by atoms with van der Waals surface area (Å²) in [7, 11) is 0. The van der Waals surface area contributed by atoms with E-state index >= 15 is 0 Å². The van der Waals surface area contributed by atoms with Crippen molar-refractivity contribution in [3.05, 3.63) is 77.4 Å². The highest BCUT2D eigenvalue weighted by Crippen LogP contribution is 2.35. The molecule has 2 amide bonds. The van der Waals surface area contributed by atoms with E-state index in [1.807, 2.05) is 0 Å². The number of aromatic nitrogens is 3. The number of benzene rings is 1. The van der Waals surface area contributed by atoms with Gasteiger partial charge < -0.3 is 10.2 Å². The molecule has 0 spiro atoms. The largest absolute Gasteiger partial charge is 0.434 e. The van der Waals surface area contributed by atoms with Gasteiger partial charge in [0.05, 0.1) is 23.0 Å². The fraction of sp³-hybridized carbons (Fsp3) is 0.304. The molecule has 4 rings (SSSR count). The van der Waals surface area contributed by atoms with Crippen LogP contribution in [0.5, 0.6) is 0 Å². The Hall–Kier alpha value is -3.69. The molecule has 1 N–H and O–H groups in total. The van der Waals surface area contributed by atoms with Gasteiger partial charge in [0.1, 0.15) is 0 Å². The highest BCUT2D eigenvalue weighted by molar-refractivity contribution is 5.96. The number of carbonyl (C=O) groups is 2. The van der Waals surface area contributed by atoms with Crippen LogP contribution in [0.25, 0.3) is 5.69 Å². The molecule has 3 heterocycles. The Kier molecular flexibility index (Phi) is 6.17. The second-order valence-electron chi connectivity index (χ2n) is 7.88. The summed E-state index contributed by atoms with van der Waals surface area (Å²) in [6.45, 7) is 2.14. The summed E-state index contributed by atoms with van der Waals surface area (Å²) in [6.07, 6.45) is 0.111. The molecule has 1 saturated heterocycles. The summed E-state index contributed by atoms with van der Waals surface area (Å²) in [4.78, 5) is 30.6. The van der Waals surface area contributed by atoms with Gasteiger partial charge in [-0.25, -0.2) is 4.68 Å². The molecule has 1 aliphatic heterocycles. The molecule has 0 radical (unpaired) electrons. The number of likely N-dealkylation sites (tertiary alicyclic amines) is 1. The van der Waals surface area contributed by atoms with Gasteiger partial charge in [0.2, 0.25) is 0 Å². The van der Waals surface area contributed by atoms with E-state index in [4.69, 9.17) is 0 Å². The number of aryl methyl sites for hydroxylation is 1. The molecule has 1 fully saturated rings. The summed E-state index contributed by atoms with van der Waals surface area (Å²) in [5, 5.41) is 6.79. The maximum atomic E-state index is 14.0. The smallest absolute Gasteiger partial charge is 0.349 e. The van der Waals surface area contributed by atoms with E-state index in [9.17, 15) is 22.8 Å². The molecule has 0 bridgehead atoms. The number of nitrogens with zero attached hydrogens (tertiary/aromatic N) is 4. The Balaban J connectivity index is 1.49. The maximum absolute atomic E-state index is 14.0. The summed E-state index contributed by atoms with van der Waals surface area (Å²) in [6, 6.07) is 9.68. The monoisotopic (exact) mass is 457 g/mol. The average molecular weight is 457 g/mol. The zero-order valence-electron chi connectivity index (χ0n) is 17.8. The number of hydrogen-bond acceptors (Lipinski definition) is 4. The Labute approximate surface area is 188 Å². The standard InChI is InChI=1S/C23H22F3N5O2/c1-15-5-2-3-7-19(15)31-20(23(24,25)26)18(14-28-31)22(33)30-11-8-17(9-12-30)29-21(32)16-6-4-10-27-13-16/h2-7,10,13-14,17H,8-9,11-12H2,1H3,(H,29,32). The first-order chi connectivity index (χ1) is 15.8. The van der Waals surface area contributed by atoms with Crippen molar-refractivity contribution in [1.29, 1.82) is 0 Å². The van der Waals surface area contributed by atoms with Crippen molar-refractivity contribution in [3.63, 3.8) is 0 Å². The second-order valence-corrected chi connectivity index (χ2v) is 7.88. The van der Waals surface area contributed by atoms with Crippen LogP contribution in [0.3, 0.4) is 0 Å². The van der Waals surface area contributed by atoms with Crippen molar-refractivity contribution in [2.75, 3.05) is 13.1 Å². The lowest BCUT2D eigenvalue weighted by molar-refractivity contribution is -0.143. The van der Waals surface area contributed by atoms with E-state index in [2.05, 4.69) is 15.4 Å². The fourth-order valence-corrected chi connectivity index (χ4v) is 3.92. The third-order valence-electron chi connectivity index (χ3n) is 5.65. The second kappa shape index (κ2) is 9.05. The quantitative estimate of drug-likeness (QED) is 0.649. The highest BCUT2D eigenvalue weighted by Gasteiger charge is 2.42. The number of piperidine rings is 1. The van der Waals surface area contributed by atoms with E-state index in [0.717, 1.165) is 10.9 Å². The van der Waals surface area contributed by atoms with Gasteiger partial charge in [0.15, 0.2) is 5.69 Å². The van der Waals surface area contributed by atoms with Gasteiger partial charge in [-0.2, -0.15) is 18.3 Å². The third-order valence-corrected chi connectivity index (χ3v) is 5.65. The van der Waals surface area contributed by atoms with Gasteiger partial charge in [0.25, 0.3) is 11.8 Å². The molecule has 10 heteroatoms. The molecule has 7 nitrogen and oxygen atoms in total. The predicted molar refractivity (Wildman–Crippen MR) is 114 cm³/mol. The molecule has 172 valence electrons. The molecule has 0 atom stereocenters. The van der Waals surface area contributed by atoms with Crippen molar-refractivity contribution in [2.45, 2.75) is 32.0 Å². The lowest BCUT2D eigenvalue weighted by atomic mass is 10.0. The van der Waals surface area contributed by atoms with E-state index < -0.39 is 23.3 Å². The zero-order valence-corrected chi connectivity index (χ0v) is 17.8. The molecular weight excluding hydrogens is 435 g/mol. The minimum Gasteiger partial charge on any atom is -0.349 e. The number of alkyl halides is 3. The van der Waals surface area contributed by atoms with Crippen LogP contribution in [-0.2, 0) is 6.18 Å². The van der Waals surface area contributed by atoms with Crippen molar-refractivity contribution in [1.82, 2.24) is 25.0 Å². The Morgan fingerprint density at radius 2 is 1.79 bits per heavy atom. The van der Waals surface area contributed by atoms with Crippen LogP contribution in [-0.4, -0.2) is 50.6 Å². The van der Waals surface area contributed by atoms with Crippen LogP contribution in [0.4, 0.5) is 13.2 Å². The minimum absolute atomic E-state index is 0.182.